The van der Waals surface area contributed by atoms with Gasteiger partial charge in [-0.25, -0.2) is 13.6 Å². The number of amides is 4. The van der Waals surface area contributed by atoms with Crippen molar-refractivity contribution in [3.63, 3.8) is 0 Å². The number of nitrogens with one attached hydrogen (secondary N) is 2. The van der Waals surface area contributed by atoms with Crippen LogP contribution in [0.15, 0.2) is 42.5 Å². The zero-order valence-corrected chi connectivity index (χ0v) is 15.5. The molecule has 1 fully saturated rings. The van der Waals surface area contributed by atoms with E-state index >= 15 is 0 Å². The van der Waals surface area contributed by atoms with Crippen molar-refractivity contribution in [2.24, 2.45) is 0 Å². The van der Waals surface area contributed by atoms with Gasteiger partial charge in [0.2, 0.25) is 5.91 Å². The molecule has 0 bridgehead atoms. The molecule has 2 aromatic carbocycles. The maximum absolute atomic E-state index is 14.1. The zero-order valence-electron chi connectivity index (χ0n) is 14.8. The van der Waals surface area contributed by atoms with E-state index in [1.165, 1.54) is 6.92 Å². The lowest BCUT2D eigenvalue weighted by molar-refractivity contribution is -0.134. The lowest BCUT2D eigenvalue weighted by atomic mass is 9.91. The Bertz CT molecular complexity index is 969. The summed E-state index contributed by atoms with van der Waals surface area (Å²) in [6, 6.07) is 8.58. The first-order valence-corrected chi connectivity index (χ1v) is 8.69. The Morgan fingerprint density at radius 2 is 1.96 bits per heavy atom. The first-order chi connectivity index (χ1) is 13.2. The van der Waals surface area contributed by atoms with Gasteiger partial charge in [-0.2, -0.15) is 0 Å². The van der Waals surface area contributed by atoms with Gasteiger partial charge in [0.15, 0.2) is 0 Å². The Kier molecular flexibility index (Phi) is 5.33. The molecule has 1 unspecified atom stereocenters. The molecule has 1 atom stereocenters. The van der Waals surface area contributed by atoms with Crippen molar-refractivity contribution in [3.8, 4) is 0 Å². The summed E-state index contributed by atoms with van der Waals surface area (Å²) in [5.41, 5.74) is -1.38. The quantitative estimate of drug-likeness (QED) is 0.748. The Morgan fingerprint density at radius 3 is 2.68 bits per heavy atom. The second kappa shape index (κ2) is 7.55. The number of benzene rings is 2. The summed E-state index contributed by atoms with van der Waals surface area (Å²) in [4.78, 5) is 37.7. The van der Waals surface area contributed by atoms with Gasteiger partial charge in [-0.15, -0.1) is 0 Å². The molecule has 6 nitrogen and oxygen atoms in total. The van der Waals surface area contributed by atoms with Crippen molar-refractivity contribution < 1.29 is 23.2 Å². The molecule has 1 aliphatic rings. The van der Waals surface area contributed by atoms with Gasteiger partial charge < -0.3 is 10.6 Å². The molecule has 146 valence electrons. The van der Waals surface area contributed by atoms with E-state index < -0.39 is 41.6 Å². The van der Waals surface area contributed by atoms with Crippen LogP contribution in [-0.2, 0) is 21.7 Å². The monoisotopic (exact) mass is 407 g/mol. The van der Waals surface area contributed by atoms with Gasteiger partial charge in [0.05, 0.1) is 0 Å². The number of carbonyl (C=O) groups excluding carboxylic acids is 3. The number of nitrogens with zero attached hydrogens (tertiary/aromatic N) is 1. The highest BCUT2D eigenvalue weighted by molar-refractivity contribution is 6.30. The third-order valence-corrected chi connectivity index (χ3v) is 4.66. The van der Waals surface area contributed by atoms with Crippen LogP contribution in [0.4, 0.5) is 13.6 Å². The maximum atomic E-state index is 14.1. The van der Waals surface area contributed by atoms with Crippen LogP contribution >= 0.6 is 11.6 Å². The van der Waals surface area contributed by atoms with Crippen molar-refractivity contribution in [1.29, 1.82) is 0 Å². The molecule has 2 aromatic rings. The number of urea groups is 1. The van der Waals surface area contributed by atoms with Crippen molar-refractivity contribution >= 4 is 29.4 Å². The minimum absolute atomic E-state index is 0.152. The minimum atomic E-state index is -1.81. The Hall–Kier alpha value is -3.00. The molecule has 4 amide bonds. The summed E-state index contributed by atoms with van der Waals surface area (Å²) in [6.45, 7) is 0.853. The van der Waals surface area contributed by atoms with E-state index in [1.54, 1.807) is 24.3 Å². The molecule has 9 heteroatoms. The summed E-state index contributed by atoms with van der Waals surface area (Å²) >= 11 is 5.87. The van der Waals surface area contributed by atoms with Crippen molar-refractivity contribution in [2.75, 3.05) is 6.54 Å². The Morgan fingerprint density at radius 1 is 1.21 bits per heavy atom. The van der Waals surface area contributed by atoms with Crippen LogP contribution in [0.25, 0.3) is 0 Å². The van der Waals surface area contributed by atoms with E-state index in [4.69, 9.17) is 11.6 Å². The zero-order chi connectivity index (χ0) is 20.5. The predicted molar refractivity (Wildman–Crippen MR) is 97.3 cm³/mol. The molecule has 0 aromatic heterocycles. The summed E-state index contributed by atoms with van der Waals surface area (Å²) in [7, 11) is 0. The smallest absolute Gasteiger partial charge is 0.325 e. The number of hydrogen-bond donors (Lipinski definition) is 2. The summed E-state index contributed by atoms with van der Waals surface area (Å²) in [6.07, 6.45) is 0. The fourth-order valence-electron chi connectivity index (χ4n) is 2.95. The molecule has 0 radical (unpaired) electrons. The molecule has 28 heavy (non-hydrogen) atoms. The average molecular weight is 408 g/mol. The van der Waals surface area contributed by atoms with E-state index in [0.29, 0.717) is 9.92 Å². The van der Waals surface area contributed by atoms with E-state index in [1.807, 2.05) is 0 Å². The standard InChI is InChI=1S/C19H16ClF2N3O3/c1-19(14-8-13(21)5-6-15(14)22)17(27)25(18(28)24-19)10-16(26)23-9-11-3-2-4-12(20)7-11/h2-8H,9-10H2,1H3,(H,23,26)(H,24,28). The molecule has 3 rings (SSSR count). The van der Waals surface area contributed by atoms with Gasteiger partial charge in [-0.1, -0.05) is 23.7 Å². The van der Waals surface area contributed by atoms with Crippen molar-refractivity contribution in [3.05, 3.63) is 70.2 Å². The van der Waals surface area contributed by atoms with Crippen LogP contribution in [0.1, 0.15) is 18.1 Å². The van der Waals surface area contributed by atoms with Crippen LogP contribution in [0.5, 0.6) is 0 Å². The summed E-state index contributed by atoms with van der Waals surface area (Å²) in [5.74, 6) is -3.03. The van der Waals surface area contributed by atoms with Gasteiger partial charge in [-0.05, 0) is 42.8 Å². The molecule has 0 aliphatic carbocycles. The molecule has 0 spiro atoms. The van der Waals surface area contributed by atoms with Gasteiger partial charge >= 0.3 is 6.03 Å². The molecular weight excluding hydrogens is 392 g/mol. The predicted octanol–water partition coefficient (Wildman–Crippen LogP) is 2.70. The van der Waals surface area contributed by atoms with Crippen LogP contribution in [0.3, 0.4) is 0 Å². The Labute approximate surface area is 164 Å². The Balaban J connectivity index is 1.71. The fourth-order valence-corrected chi connectivity index (χ4v) is 3.16. The normalized spacial score (nSPS) is 18.9. The van der Waals surface area contributed by atoms with E-state index in [2.05, 4.69) is 10.6 Å². The highest BCUT2D eigenvalue weighted by Crippen LogP contribution is 2.31. The second-order valence-corrected chi connectivity index (χ2v) is 6.91. The van der Waals surface area contributed by atoms with E-state index in [-0.39, 0.29) is 12.1 Å². The first-order valence-electron chi connectivity index (χ1n) is 8.31. The third kappa shape index (κ3) is 3.82. The number of rotatable bonds is 5. The topological polar surface area (TPSA) is 78.5 Å². The van der Waals surface area contributed by atoms with Crippen LogP contribution < -0.4 is 10.6 Å². The average Bonchev–Trinajstić information content (AvgIpc) is 2.86. The molecule has 1 aliphatic heterocycles. The van der Waals surface area contributed by atoms with Crippen molar-refractivity contribution in [2.45, 2.75) is 19.0 Å². The van der Waals surface area contributed by atoms with Gasteiger partial charge in [0, 0.05) is 17.1 Å². The second-order valence-electron chi connectivity index (χ2n) is 6.48. The molecule has 2 N–H and O–H groups in total. The first kappa shape index (κ1) is 19.8. The summed E-state index contributed by atoms with van der Waals surface area (Å²) in [5, 5.41) is 5.42. The summed E-state index contributed by atoms with van der Waals surface area (Å²) < 4.78 is 27.6. The van der Waals surface area contributed by atoms with Crippen LogP contribution in [0.2, 0.25) is 5.02 Å². The SMILES string of the molecule is CC1(c2cc(F)ccc2F)NC(=O)N(CC(=O)NCc2cccc(Cl)c2)C1=O. The third-order valence-electron chi connectivity index (χ3n) is 4.42. The minimum Gasteiger partial charge on any atom is -0.350 e. The largest absolute Gasteiger partial charge is 0.350 e. The fraction of sp³-hybridized carbons (Fsp3) is 0.211. The van der Waals surface area contributed by atoms with Gasteiger partial charge in [-0.3, -0.25) is 14.5 Å². The lowest BCUT2D eigenvalue weighted by Gasteiger charge is -2.22. The lowest BCUT2D eigenvalue weighted by Crippen LogP contribution is -2.43. The molecular formula is C19H16ClF2N3O3. The van der Waals surface area contributed by atoms with E-state index in [9.17, 15) is 23.2 Å². The highest BCUT2D eigenvalue weighted by Gasteiger charge is 2.50. The maximum Gasteiger partial charge on any atom is 0.325 e. The van der Waals surface area contributed by atoms with Crippen LogP contribution in [-0.4, -0.2) is 29.3 Å². The number of hydrogen-bond acceptors (Lipinski definition) is 3. The molecule has 1 heterocycles. The highest BCUT2D eigenvalue weighted by atomic mass is 35.5. The van der Waals surface area contributed by atoms with Crippen LogP contribution in [0, 0.1) is 11.6 Å². The van der Waals surface area contributed by atoms with E-state index in [0.717, 1.165) is 23.8 Å². The van der Waals surface area contributed by atoms with Gasteiger partial charge in [0.1, 0.15) is 23.7 Å². The number of imide groups is 1. The molecule has 1 saturated heterocycles. The number of carbonyl (C=O) groups is 3. The number of halogens is 3. The van der Waals surface area contributed by atoms with Gasteiger partial charge in [0.25, 0.3) is 5.91 Å². The van der Waals surface area contributed by atoms with Crippen molar-refractivity contribution in [1.82, 2.24) is 15.5 Å². The molecule has 0 saturated carbocycles.